The second kappa shape index (κ2) is 3.58. The van der Waals surface area contributed by atoms with Crippen LogP contribution in [0.25, 0.3) is 10.9 Å². The van der Waals surface area contributed by atoms with E-state index in [2.05, 4.69) is 4.98 Å². The minimum atomic E-state index is -4.43. The van der Waals surface area contributed by atoms with Crippen LogP contribution in [0.4, 0.5) is 13.2 Å². The zero-order valence-electron chi connectivity index (χ0n) is 9.17. The van der Waals surface area contributed by atoms with E-state index in [1.807, 2.05) is 0 Å². The fraction of sp³-hybridized carbons (Fsp3) is 0.273. The molecule has 90 valence electrons. The van der Waals surface area contributed by atoms with E-state index < -0.39 is 11.7 Å². The maximum absolute atomic E-state index is 12.5. The summed E-state index contributed by atoms with van der Waals surface area (Å²) < 4.78 is 38.8. The van der Waals surface area contributed by atoms with Gasteiger partial charge in [-0.05, 0) is 25.1 Å². The summed E-state index contributed by atoms with van der Waals surface area (Å²) in [6.45, 7) is 1.57. The molecule has 0 atom stereocenters. The molecule has 1 heterocycles. The fourth-order valence-electron chi connectivity index (χ4n) is 1.56. The number of halogens is 3. The molecule has 6 heteroatoms. The highest BCUT2D eigenvalue weighted by atomic mass is 19.4. The molecule has 3 nitrogen and oxygen atoms in total. The fourth-order valence-corrected chi connectivity index (χ4v) is 1.56. The molecule has 0 aliphatic heterocycles. The van der Waals surface area contributed by atoms with Crippen LogP contribution in [0.15, 0.2) is 23.0 Å². The normalized spacial score (nSPS) is 12.1. The van der Waals surface area contributed by atoms with Crippen LogP contribution in [0.2, 0.25) is 0 Å². The van der Waals surface area contributed by atoms with Gasteiger partial charge >= 0.3 is 6.18 Å². The van der Waals surface area contributed by atoms with Gasteiger partial charge in [0.15, 0.2) is 0 Å². The Labute approximate surface area is 94.5 Å². The number of hydrogen-bond donors (Lipinski definition) is 0. The quantitative estimate of drug-likeness (QED) is 0.710. The van der Waals surface area contributed by atoms with Gasteiger partial charge in [0.2, 0.25) is 0 Å². The summed E-state index contributed by atoms with van der Waals surface area (Å²) in [6, 6.07) is 2.94. The maximum atomic E-state index is 12.5. The van der Waals surface area contributed by atoms with E-state index >= 15 is 0 Å². The lowest BCUT2D eigenvalue weighted by Crippen LogP contribution is -2.20. The van der Waals surface area contributed by atoms with Gasteiger partial charge in [-0.25, -0.2) is 4.98 Å². The first-order chi connectivity index (χ1) is 7.80. The lowest BCUT2D eigenvalue weighted by Gasteiger charge is -2.09. The predicted octanol–water partition coefficient (Wildman–Crippen LogP) is 2.26. The number of nitrogens with zero attached hydrogens (tertiary/aromatic N) is 2. The Balaban J connectivity index is 2.81. The zero-order chi connectivity index (χ0) is 12.8. The largest absolute Gasteiger partial charge is 0.416 e. The first kappa shape index (κ1) is 11.6. The summed E-state index contributed by atoms with van der Waals surface area (Å²) in [5.74, 6) is 0.377. The molecule has 17 heavy (non-hydrogen) atoms. The van der Waals surface area contributed by atoms with Crippen LogP contribution < -0.4 is 5.56 Å². The third kappa shape index (κ3) is 1.90. The first-order valence-corrected chi connectivity index (χ1v) is 4.85. The number of hydrogen-bond acceptors (Lipinski definition) is 2. The Morgan fingerprint density at radius 3 is 2.53 bits per heavy atom. The van der Waals surface area contributed by atoms with Crippen molar-refractivity contribution >= 4 is 10.9 Å². The standard InChI is InChI=1S/C11H9F3N2O/c1-6-15-9-5-7(11(12,13)14)3-4-8(9)10(17)16(6)2/h3-5H,1-2H3. The molecule has 0 N–H and O–H groups in total. The summed E-state index contributed by atoms with van der Waals surface area (Å²) in [5, 5.41) is 0.186. The van der Waals surface area contributed by atoms with Crippen LogP contribution in [0, 0.1) is 6.92 Å². The molecule has 1 aromatic heterocycles. The Bertz CT molecular complexity index is 643. The summed E-state index contributed by atoms with van der Waals surface area (Å²) in [5.41, 5.74) is -1.08. The number of aromatic nitrogens is 2. The summed E-state index contributed by atoms with van der Waals surface area (Å²) in [4.78, 5) is 15.7. The van der Waals surface area contributed by atoms with Gasteiger partial charge in [0.1, 0.15) is 5.82 Å². The Kier molecular flexibility index (Phi) is 2.45. The van der Waals surface area contributed by atoms with Gasteiger partial charge in [-0.1, -0.05) is 0 Å². The summed E-state index contributed by atoms with van der Waals surface area (Å²) in [6.07, 6.45) is -4.43. The molecule has 2 rings (SSSR count). The monoisotopic (exact) mass is 242 g/mol. The van der Waals surface area contributed by atoms with Crippen molar-refractivity contribution in [3.8, 4) is 0 Å². The van der Waals surface area contributed by atoms with E-state index in [0.717, 1.165) is 18.2 Å². The van der Waals surface area contributed by atoms with Crippen molar-refractivity contribution < 1.29 is 13.2 Å². The summed E-state index contributed by atoms with van der Waals surface area (Å²) in [7, 11) is 1.53. The second-order valence-corrected chi connectivity index (χ2v) is 3.75. The summed E-state index contributed by atoms with van der Waals surface area (Å²) >= 11 is 0. The van der Waals surface area contributed by atoms with Crippen molar-refractivity contribution in [1.82, 2.24) is 9.55 Å². The smallest absolute Gasteiger partial charge is 0.299 e. The Morgan fingerprint density at radius 2 is 1.94 bits per heavy atom. The molecule has 0 saturated carbocycles. The predicted molar refractivity (Wildman–Crippen MR) is 56.7 cm³/mol. The average molecular weight is 242 g/mol. The molecule has 0 radical (unpaired) electrons. The molecule has 2 aromatic rings. The molecule has 0 saturated heterocycles. The van der Waals surface area contributed by atoms with Crippen LogP contribution in [-0.2, 0) is 13.2 Å². The SMILES string of the molecule is Cc1nc2cc(C(F)(F)F)ccc2c(=O)n1C. The molecule has 0 spiro atoms. The van der Waals surface area contributed by atoms with Gasteiger partial charge in [-0.2, -0.15) is 13.2 Å². The number of fused-ring (bicyclic) bond motifs is 1. The Morgan fingerprint density at radius 1 is 1.29 bits per heavy atom. The third-order valence-corrected chi connectivity index (χ3v) is 2.63. The molecule has 0 aliphatic carbocycles. The number of benzene rings is 1. The highest BCUT2D eigenvalue weighted by Crippen LogP contribution is 2.30. The van der Waals surface area contributed by atoms with E-state index in [1.165, 1.54) is 11.6 Å². The van der Waals surface area contributed by atoms with Crippen molar-refractivity contribution in [3.63, 3.8) is 0 Å². The zero-order valence-corrected chi connectivity index (χ0v) is 9.17. The molecule has 0 fully saturated rings. The van der Waals surface area contributed by atoms with Gasteiger partial charge in [0, 0.05) is 7.05 Å². The van der Waals surface area contributed by atoms with Crippen molar-refractivity contribution in [1.29, 1.82) is 0 Å². The van der Waals surface area contributed by atoms with E-state index in [0.29, 0.717) is 5.82 Å². The van der Waals surface area contributed by atoms with E-state index in [1.54, 1.807) is 6.92 Å². The highest BCUT2D eigenvalue weighted by Gasteiger charge is 2.30. The number of aryl methyl sites for hydroxylation is 1. The van der Waals surface area contributed by atoms with Crippen LogP contribution in [0.3, 0.4) is 0 Å². The van der Waals surface area contributed by atoms with Crippen molar-refractivity contribution in [3.05, 3.63) is 39.9 Å². The average Bonchev–Trinajstić information content (AvgIpc) is 2.24. The molecular formula is C11H9F3N2O. The minimum absolute atomic E-state index is 0.0698. The Hall–Kier alpha value is -1.85. The molecular weight excluding hydrogens is 233 g/mol. The van der Waals surface area contributed by atoms with Crippen molar-refractivity contribution in [2.45, 2.75) is 13.1 Å². The first-order valence-electron chi connectivity index (χ1n) is 4.85. The molecule has 0 aliphatic rings. The minimum Gasteiger partial charge on any atom is -0.299 e. The van der Waals surface area contributed by atoms with Crippen molar-refractivity contribution in [2.24, 2.45) is 7.05 Å². The van der Waals surface area contributed by atoms with Gasteiger partial charge < -0.3 is 0 Å². The maximum Gasteiger partial charge on any atom is 0.416 e. The number of rotatable bonds is 0. The topological polar surface area (TPSA) is 34.9 Å². The van der Waals surface area contributed by atoms with Gasteiger partial charge in [-0.3, -0.25) is 9.36 Å². The molecule has 0 bridgehead atoms. The van der Waals surface area contributed by atoms with Gasteiger partial charge in [0.05, 0.1) is 16.5 Å². The second-order valence-electron chi connectivity index (χ2n) is 3.75. The van der Waals surface area contributed by atoms with Crippen LogP contribution in [0.1, 0.15) is 11.4 Å². The van der Waals surface area contributed by atoms with E-state index in [4.69, 9.17) is 0 Å². The molecule has 0 amide bonds. The molecule has 1 aromatic carbocycles. The van der Waals surface area contributed by atoms with Crippen LogP contribution in [0.5, 0.6) is 0 Å². The van der Waals surface area contributed by atoms with Crippen molar-refractivity contribution in [2.75, 3.05) is 0 Å². The number of alkyl halides is 3. The lowest BCUT2D eigenvalue weighted by atomic mass is 10.1. The lowest BCUT2D eigenvalue weighted by molar-refractivity contribution is -0.137. The van der Waals surface area contributed by atoms with Gasteiger partial charge in [0.25, 0.3) is 5.56 Å². The van der Waals surface area contributed by atoms with Gasteiger partial charge in [-0.15, -0.1) is 0 Å². The highest BCUT2D eigenvalue weighted by molar-refractivity contribution is 5.78. The molecule has 0 unspecified atom stereocenters. The van der Waals surface area contributed by atoms with E-state index in [9.17, 15) is 18.0 Å². The van der Waals surface area contributed by atoms with Crippen LogP contribution >= 0.6 is 0 Å². The van der Waals surface area contributed by atoms with Crippen LogP contribution in [-0.4, -0.2) is 9.55 Å². The van der Waals surface area contributed by atoms with E-state index in [-0.39, 0.29) is 16.5 Å². The third-order valence-electron chi connectivity index (χ3n) is 2.63.